The minimum Gasteiger partial charge on any atom is -0.481 e. The van der Waals surface area contributed by atoms with Crippen LogP contribution in [0, 0.1) is 0 Å². The third kappa shape index (κ3) is 8.07. The van der Waals surface area contributed by atoms with E-state index in [-0.39, 0.29) is 12.8 Å². The summed E-state index contributed by atoms with van der Waals surface area (Å²) in [6.07, 6.45) is -1.15. The van der Waals surface area contributed by atoms with Gasteiger partial charge in [-0.1, -0.05) is 0 Å². The second-order valence-electron chi connectivity index (χ2n) is 2.90. The monoisotopic (exact) mass is 240 g/mol. The molecule has 0 aliphatic heterocycles. The van der Waals surface area contributed by atoms with Gasteiger partial charge in [0.15, 0.2) is 0 Å². The largest absolute Gasteiger partial charge is 0.481 e. The number of nitrogens with one attached hydrogen (secondary N) is 1. The smallest absolute Gasteiger partial charge is 0.344 e. The number of aliphatic carboxylic acids is 1. The summed E-state index contributed by atoms with van der Waals surface area (Å²) in [6.45, 7) is 0. The van der Waals surface area contributed by atoms with E-state index in [1.165, 1.54) is 0 Å². The van der Waals surface area contributed by atoms with Crippen LogP contribution < -0.4 is 11.1 Å². The highest BCUT2D eigenvalue weighted by Crippen LogP contribution is 2.31. The number of amides is 1. The minimum atomic E-state index is -4.30. The minimum absolute atomic E-state index is 0.0810. The number of hydrogen-bond donors (Lipinski definition) is 5. The number of carbonyl (C=O) groups excluding carboxylic acids is 1. The number of carboxylic acids is 1. The van der Waals surface area contributed by atoms with E-state index in [2.05, 4.69) is 0 Å². The van der Waals surface area contributed by atoms with Crippen LogP contribution >= 0.6 is 7.60 Å². The molecule has 0 bridgehead atoms. The van der Waals surface area contributed by atoms with Gasteiger partial charge >= 0.3 is 13.6 Å². The van der Waals surface area contributed by atoms with Crippen molar-refractivity contribution in [3.8, 4) is 0 Å². The highest BCUT2D eigenvalue weighted by molar-refractivity contribution is 7.51. The Morgan fingerprint density at radius 1 is 1.40 bits per heavy atom. The standard InChI is InChI=1S/C6H13N2O6P/c7-4(1-2-5(9)10)6(11)8-3-15(12,13)14/h4H,1-3,7H2,(H,8,11)(H,9,10)(H2,12,13,14). The number of rotatable bonds is 6. The molecular weight excluding hydrogens is 227 g/mol. The van der Waals surface area contributed by atoms with Gasteiger partial charge < -0.3 is 25.9 Å². The maximum absolute atomic E-state index is 11.0. The molecule has 1 unspecified atom stereocenters. The Morgan fingerprint density at radius 3 is 2.33 bits per heavy atom. The second kappa shape index (κ2) is 5.82. The van der Waals surface area contributed by atoms with Gasteiger partial charge in [-0.15, -0.1) is 0 Å². The highest BCUT2D eigenvalue weighted by Gasteiger charge is 2.19. The molecule has 15 heavy (non-hydrogen) atoms. The molecule has 9 heteroatoms. The zero-order chi connectivity index (χ0) is 12.1. The maximum Gasteiger partial charge on any atom is 0.344 e. The topological polar surface area (TPSA) is 150 Å². The summed E-state index contributed by atoms with van der Waals surface area (Å²) in [5, 5.41) is 10.2. The molecule has 0 aromatic heterocycles. The fourth-order valence-corrected chi connectivity index (χ4v) is 1.08. The number of carboxylic acid groups (broad SMARTS) is 1. The third-order valence-corrected chi connectivity index (χ3v) is 2.04. The zero-order valence-corrected chi connectivity index (χ0v) is 8.68. The number of nitrogens with two attached hydrogens (primary N) is 1. The second-order valence-corrected chi connectivity index (χ2v) is 4.55. The fraction of sp³-hybridized carbons (Fsp3) is 0.667. The van der Waals surface area contributed by atoms with Crippen LogP contribution in [-0.4, -0.2) is 39.1 Å². The van der Waals surface area contributed by atoms with E-state index in [4.69, 9.17) is 20.6 Å². The summed E-state index contributed by atoms with van der Waals surface area (Å²) < 4.78 is 10.4. The van der Waals surface area contributed by atoms with Crippen molar-refractivity contribution in [3.05, 3.63) is 0 Å². The van der Waals surface area contributed by atoms with Crippen molar-refractivity contribution in [3.63, 3.8) is 0 Å². The summed E-state index contributed by atoms with van der Waals surface area (Å²) in [5.74, 6) is -1.87. The molecule has 0 rings (SSSR count). The first-order valence-corrected chi connectivity index (χ1v) is 5.82. The summed E-state index contributed by atoms with van der Waals surface area (Å²) in [6, 6.07) is -1.08. The van der Waals surface area contributed by atoms with Crippen molar-refractivity contribution >= 4 is 19.5 Å². The molecule has 88 valence electrons. The summed E-state index contributed by atoms with van der Waals surface area (Å²) >= 11 is 0. The highest BCUT2D eigenvalue weighted by atomic mass is 31.2. The quantitative estimate of drug-likeness (QED) is 0.352. The first kappa shape index (κ1) is 14.1. The molecule has 0 fully saturated rings. The van der Waals surface area contributed by atoms with Gasteiger partial charge in [0.1, 0.15) is 6.29 Å². The Morgan fingerprint density at radius 2 is 1.93 bits per heavy atom. The third-order valence-electron chi connectivity index (χ3n) is 1.47. The van der Waals surface area contributed by atoms with E-state index in [1.54, 1.807) is 0 Å². The molecule has 0 radical (unpaired) electrons. The Kier molecular flexibility index (Phi) is 5.45. The molecule has 1 amide bonds. The lowest BCUT2D eigenvalue weighted by Gasteiger charge is -2.11. The van der Waals surface area contributed by atoms with Crippen molar-refractivity contribution in [1.82, 2.24) is 5.32 Å². The van der Waals surface area contributed by atoms with Crippen LogP contribution in [0.25, 0.3) is 0 Å². The number of hydrogen-bond acceptors (Lipinski definition) is 4. The number of carbonyl (C=O) groups is 2. The summed E-state index contributed by atoms with van der Waals surface area (Å²) in [5.41, 5.74) is 5.27. The van der Waals surface area contributed by atoms with E-state index in [9.17, 15) is 14.2 Å². The Bertz CT molecular complexity index is 287. The Labute approximate surface area is 85.6 Å². The molecule has 0 aliphatic carbocycles. The molecule has 0 spiro atoms. The molecule has 6 N–H and O–H groups in total. The lowest BCUT2D eigenvalue weighted by Crippen LogP contribution is -2.41. The van der Waals surface area contributed by atoms with E-state index in [1.807, 2.05) is 5.32 Å². The van der Waals surface area contributed by atoms with Crippen molar-refractivity contribution in [2.45, 2.75) is 18.9 Å². The van der Waals surface area contributed by atoms with Crippen LogP contribution in [0.1, 0.15) is 12.8 Å². The zero-order valence-electron chi connectivity index (χ0n) is 7.79. The predicted molar refractivity (Wildman–Crippen MR) is 49.9 cm³/mol. The fourth-order valence-electron chi connectivity index (χ4n) is 0.722. The molecular formula is C6H13N2O6P. The average Bonchev–Trinajstić information content (AvgIpc) is 2.08. The predicted octanol–water partition coefficient (Wildman–Crippen LogP) is -1.57. The van der Waals surface area contributed by atoms with E-state index in [0.29, 0.717) is 0 Å². The molecule has 0 aromatic rings. The van der Waals surface area contributed by atoms with E-state index < -0.39 is 31.8 Å². The van der Waals surface area contributed by atoms with Gasteiger partial charge in [-0.3, -0.25) is 14.2 Å². The molecule has 0 aromatic carbocycles. The van der Waals surface area contributed by atoms with Gasteiger partial charge in [0.2, 0.25) is 5.91 Å². The van der Waals surface area contributed by atoms with Crippen LogP contribution in [-0.2, 0) is 14.2 Å². The van der Waals surface area contributed by atoms with E-state index >= 15 is 0 Å². The van der Waals surface area contributed by atoms with Gasteiger partial charge in [0.05, 0.1) is 6.04 Å². The molecule has 0 saturated heterocycles. The molecule has 0 saturated carbocycles. The molecule has 0 heterocycles. The van der Waals surface area contributed by atoms with Crippen LogP contribution in [0.2, 0.25) is 0 Å². The lowest BCUT2D eigenvalue weighted by molar-refractivity contribution is -0.137. The van der Waals surface area contributed by atoms with Crippen molar-refractivity contribution in [1.29, 1.82) is 0 Å². The molecule has 1 atom stereocenters. The average molecular weight is 240 g/mol. The first-order chi connectivity index (χ1) is 6.72. The lowest BCUT2D eigenvalue weighted by atomic mass is 10.1. The van der Waals surface area contributed by atoms with Gasteiger partial charge in [-0.05, 0) is 6.42 Å². The molecule has 8 nitrogen and oxygen atoms in total. The summed E-state index contributed by atoms with van der Waals surface area (Å²) in [7, 11) is -4.30. The summed E-state index contributed by atoms with van der Waals surface area (Å²) in [4.78, 5) is 38.0. The molecule has 0 aliphatic rings. The van der Waals surface area contributed by atoms with Crippen LogP contribution in [0.5, 0.6) is 0 Å². The van der Waals surface area contributed by atoms with Gasteiger partial charge in [-0.2, -0.15) is 0 Å². The van der Waals surface area contributed by atoms with Crippen LogP contribution in [0.3, 0.4) is 0 Å². The van der Waals surface area contributed by atoms with Crippen molar-refractivity contribution in [2.24, 2.45) is 5.73 Å². The Balaban J connectivity index is 3.89. The van der Waals surface area contributed by atoms with E-state index in [0.717, 1.165) is 0 Å². The van der Waals surface area contributed by atoms with Gasteiger partial charge in [0, 0.05) is 6.42 Å². The maximum atomic E-state index is 11.0. The van der Waals surface area contributed by atoms with Crippen molar-refractivity contribution < 1.29 is 29.0 Å². The van der Waals surface area contributed by atoms with Gasteiger partial charge in [0.25, 0.3) is 0 Å². The van der Waals surface area contributed by atoms with Crippen LogP contribution in [0.4, 0.5) is 0 Å². The normalized spacial score (nSPS) is 13.3. The SMILES string of the molecule is NC(CCC(=O)O)C(=O)NCP(=O)(O)O. The Hall–Kier alpha value is -0.950. The van der Waals surface area contributed by atoms with Gasteiger partial charge in [-0.25, -0.2) is 0 Å². The first-order valence-electron chi connectivity index (χ1n) is 4.02. The van der Waals surface area contributed by atoms with Crippen molar-refractivity contribution in [2.75, 3.05) is 6.29 Å². The van der Waals surface area contributed by atoms with Crippen LogP contribution in [0.15, 0.2) is 0 Å².